The van der Waals surface area contributed by atoms with Gasteiger partial charge in [-0.05, 0) is 44.6 Å². The van der Waals surface area contributed by atoms with E-state index in [1.54, 1.807) is 5.57 Å². The molecule has 1 aromatic heterocycles. The monoisotopic (exact) mass is 247 g/mol. The third-order valence-electron chi connectivity index (χ3n) is 3.80. The van der Waals surface area contributed by atoms with Crippen LogP contribution in [0.3, 0.4) is 0 Å². The van der Waals surface area contributed by atoms with Crippen molar-refractivity contribution in [2.75, 3.05) is 6.54 Å². The smallest absolute Gasteiger partial charge is 0.123 e. The molecule has 2 rings (SSSR count). The van der Waals surface area contributed by atoms with Gasteiger partial charge < -0.3 is 10.3 Å². The Bertz CT molecular complexity index is 380. The van der Waals surface area contributed by atoms with Crippen LogP contribution in [0.25, 0.3) is 0 Å². The maximum atomic E-state index is 4.35. The minimum absolute atomic E-state index is 0.363. The average Bonchev–Trinajstić information content (AvgIpc) is 2.82. The number of nitrogens with one attached hydrogen (secondary N) is 2. The zero-order valence-corrected chi connectivity index (χ0v) is 11.7. The maximum Gasteiger partial charge on any atom is 0.123 e. The van der Waals surface area contributed by atoms with Gasteiger partial charge in [0.1, 0.15) is 5.82 Å². The van der Waals surface area contributed by atoms with Crippen molar-refractivity contribution in [3.05, 3.63) is 29.9 Å². The number of allylic oxidation sites excluding steroid dienone is 2. The fourth-order valence-electron chi connectivity index (χ4n) is 3.05. The van der Waals surface area contributed by atoms with E-state index < -0.39 is 0 Å². The van der Waals surface area contributed by atoms with Crippen LogP contribution in [0.4, 0.5) is 0 Å². The molecule has 0 aromatic carbocycles. The molecule has 0 aliphatic heterocycles. The van der Waals surface area contributed by atoms with Gasteiger partial charge >= 0.3 is 0 Å². The van der Waals surface area contributed by atoms with E-state index >= 15 is 0 Å². The molecule has 0 amide bonds. The van der Waals surface area contributed by atoms with Gasteiger partial charge in [0, 0.05) is 12.4 Å². The molecule has 0 saturated carbocycles. The van der Waals surface area contributed by atoms with Gasteiger partial charge in [0.2, 0.25) is 0 Å². The molecule has 1 aromatic rings. The molecule has 3 unspecified atom stereocenters. The van der Waals surface area contributed by atoms with Crippen molar-refractivity contribution < 1.29 is 0 Å². The third kappa shape index (κ3) is 3.45. The van der Waals surface area contributed by atoms with E-state index in [9.17, 15) is 0 Å². The summed E-state index contributed by atoms with van der Waals surface area (Å²) in [6, 6.07) is 0.363. The van der Waals surface area contributed by atoms with Gasteiger partial charge in [0.15, 0.2) is 0 Å². The quantitative estimate of drug-likeness (QED) is 0.782. The predicted molar refractivity (Wildman–Crippen MR) is 75.3 cm³/mol. The molecule has 3 heteroatoms. The Morgan fingerprint density at radius 3 is 3.00 bits per heavy atom. The zero-order valence-electron chi connectivity index (χ0n) is 11.7. The second-order valence-electron chi connectivity index (χ2n) is 5.64. The average molecular weight is 247 g/mol. The van der Waals surface area contributed by atoms with Crippen molar-refractivity contribution in [2.24, 2.45) is 11.8 Å². The van der Waals surface area contributed by atoms with E-state index in [4.69, 9.17) is 0 Å². The van der Waals surface area contributed by atoms with E-state index in [0.29, 0.717) is 6.04 Å². The van der Waals surface area contributed by atoms with Crippen molar-refractivity contribution in [1.82, 2.24) is 15.3 Å². The van der Waals surface area contributed by atoms with Crippen LogP contribution in [-0.2, 0) is 0 Å². The second kappa shape index (κ2) is 6.19. The molecule has 2 N–H and O–H groups in total. The number of H-pyrrole nitrogens is 1. The van der Waals surface area contributed by atoms with Crippen molar-refractivity contribution in [3.63, 3.8) is 0 Å². The molecule has 1 aliphatic rings. The number of nitrogens with zero attached hydrogens (tertiary/aromatic N) is 1. The number of aromatic amines is 1. The Morgan fingerprint density at radius 1 is 1.56 bits per heavy atom. The van der Waals surface area contributed by atoms with Gasteiger partial charge in [-0.25, -0.2) is 4.98 Å². The lowest BCUT2D eigenvalue weighted by molar-refractivity contribution is 0.354. The Morgan fingerprint density at radius 2 is 2.39 bits per heavy atom. The zero-order chi connectivity index (χ0) is 13.0. The maximum absolute atomic E-state index is 4.35. The Labute approximate surface area is 110 Å². The lowest BCUT2D eigenvalue weighted by Crippen LogP contribution is -2.30. The van der Waals surface area contributed by atoms with E-state index in [2.05, 4.69) is 42.1 Å². The van der Waals surface area contributed by atoms with E-state index in [-0.39, 0.29) is 0 Å². The van der Waals surface area contributed by atoms with Gasteiger partial charge in [0.25, 0.3) is 0 Å². The molecule has 3 atom stereocenters. The van der Waals surface area contributed by atoms with E-state index in [1.165, 1.54) is 12.8 Å². The first-order chi connectivity index (χ1) is 8.69. The Hall–Kier alpha value is -1.09. The molecule has 0 bridgehead atoms. The van der Waals surface area contributed by atoms with Crippen molar-refractivity contribution >= 4 is 0 Å². The number of hydrogen-bond acceptors (Lipinski definition) is 2. The summed E-state index contributed by atoms with van der Waals surface area (Å²) in [5, 5.41) is 3.66. The van der Waals surface area contributed by atoms with Crippen LogP contribution in [0.15, 0.2) is 24.0 Å². The molecule has 0 saturated heterocycles. The number of rotatable bonds is 5. The first-order valence-electron chi connectivity index (χ1n) is 7.09. The SMILES string of the molecule is CCC(NCC1CC(C)=CC(C)C1)c1ncc[nH]1. The molecular formula is C15H25N3. The number of imidazole rings is 1. The van der Waals surface area contributed by atoms with Crippen LogP contribution < -0.4 is 5.32 Å². The summed E-state index contributed by atoms with van der Waals surface area (Å²) >= 11 is 0. The largest absolute Gasteiger partial charge is 0.347 e. The summed E-state index contributed by atoms with van der Waals surface area (Å²) in [6.45, 7) is 7.87. The fraction of sp³-hybridized carbons (Fsp3) is 0.667. The molecule has 0 spiro atoms. The standard InChI is InChI=1S/C15H25N3/c1-4-14(15-16-5-6-17-15)18-10-13-8-11(2)7-12(3)9-13/h5-7,11,13-14,18H,4,8-10H2,1-3H3,(H,16,17). The second-order valence-corrected chi connectivity index (χ2v) is 5.64. The van der Waals surface area contributed by atoms with Crippen molar-refractivity contribution in [1.29, 1.82) is 0 Å². The van der Waals surface area contributed by atoms with Crippen LogP contribution in [0.2, 0.25) is 0 Å². The van der Waals surface area contributed by atoms with Gasteiger partial charge in [0.05, 0.1) is 6.04 Å². The highest BCUT2D eigenvalue weighted by atomic mass is 15.0. The summed E-state index contributed by atoms with van der Waals surface area (Å²) in [6.07, 6.45) is 9.76. The van der Waals surface area contributed by atoms with Crippen LogP contribution in [0, 0.1) is 11.8 Å². The van der Waals surface area contributed by atoms with Crippen LogP contribution in [-0.4, -0.2) is 16.5 Å². The minimum Gasteiger partial charge on any atom is -0.347 e. The highest BCUT2D eigenvalue weighted by Gasteiger charge is 2.19. The van der Waals surface area contributed by atoms with Crippen LogP contribution >= 0.6 is 0 Å². The summed E-state index contributed by atoms with van der Waals surface area (Å²) < 4.78 is 0. The van der Waals surface area contributed by atoms with E-state index in [0.717, 1.165) is 30.6 Å². The molecular weight excluding hydrogens is 222 g/mol. The first-order valence-corrected chi connectivity index (χ1v) is 7.09. The van der Waals surface area contributed by atoms with Gasteiger partial charge in [-0.3, -0.25) is 0 Å². The summed E-state index contributed by atoms with van der Waals surface area (Å²) in [7, 11) is 0. The number of aromatic nitrogens is 2. The lowest BCUT2D eigenvalue weighted by atomic mass is 9.83. The predicted octanol–water partition coefficient (Wildman–Crippen LogP) is 3.44. The normalized spacial score (nSPS) is 25.8. The highest BCUT2D eigenvalue weighted by molar-refractivity contribution is 5.06. The Kier molecular flexibility index (Phi) is 4.59. The lowest BCUT2D eigenvalue weighted by Gasteiger charge is -2.27. The molecule has 1 aliphatic carbocycles. The molecule has 0 fully saturated rings. The Balaban J connectivity index is 1.85. The highest BCUT2D eigenvalue weighted by Crippen LogP contribution is 2.27. The minimum atomic E-state index is 0.363. The molecule has 100 valence electrons. The van der Waals surface area contributed by atoms with E-state index in [1.807, 2.05) is 12.4 Å². The van der Waals surface area contributed by atoms with Gasteiger partial charge in [-0.15, -0.1) is 0 Å². The fourth-order valence-corrected chi connectivity index (χ4v) is 3.05. The first kappa shape index (κ1) is 13.3. The molecule has 1 heterocycles. The molecule has 18 heavy (non-hydrogen) atoms. The van der Waals surface area contributed by atoms with Crippen LogP contribution in [0.1, 0.15) is 51.9 Å². The van der Waals surface area contributed by atoms with Crippen LogP contribution in [0.5, 0.6) is 0 Å². The summed E-state index contributed by atoms with van der Waals surface area (Å²) in [4.78, 5) is 7.56. The molecule has 3 nitrogen and oxygen atoms in total. The third-order valence-corrected chi connectivity index (χ3v) is 3.80. The topological polar surface area (TPSA) is 40.7 Å². The van der Waals surface area contributed by atoms with Crippen molar-refractivity contribution in [3.8, 4) is 0 Å². The summed E-state index contributed by atoms with van der Waals surface area (Å²) in [5.74, 6) is 2.57. The van der Waals surface area contributed by atoms with Gasteiger partial charge in [-0.1, -0.05) is 25.5 Å². The molecule has 0 radical (unpaired) electrons. The van der Waals surface area contributed by atoms with Crippen molar-refractivity contribution in [2.45, 2.75) is 46.1 Å². The summed E-state index contributed by atoms with van der Waals surface area (Å²) in [5.41, 5.74) is 1.55. The van der Waals surface area contributed by atoms with Gasteiger partial charge in [-0.2, -0.15) is 0 Å². The number of hydrogen-bond donors (Lipinski definition) is 2.